The van der Waals surface area contributed by atoms with Gasteiger partial charge in [-0.15, -0.1) is 21.5 Å². The number of thiophene rings is 1. The van der Waals surface area contributed by atoms with Gasteiger partial charge in [0, 0.05) is 30.1 Å². The first-order valence-electron chi connectivity index (χ1n) is 8.46. The zero-order valence-electron chi connectivity index (χ0n) is 15.0. The number of benzene rings is 1. The van der Waals surface area contributed by atoms with Crippen molar-refractivity contribution in [2.75, 3.05) is 7.11 Å². The van der Waals surface area contributed by atoms with Gasteiger partial charge in [0.1, 0.15) is 17.4 Å². The zero-order valence-corrected chi connectivity index (χ0v) is 15.8. The molecule has 0 atom stereocenters. The summed E-state index contributed by atoms with van der Waals surface area (Å²) >= 11 is 1.78. The molecule has 0 fully saturated rings. The maximum atomic E-state index is 5.52. The van der Waals surface area contributed by atoms with Crippen LogP contribution in [-0.4, -0.2) is 26.8 Å². The number of aromatic nitrogens is 3. The third-order valence-electron chi connectivity index (χ3n) is 4.24. The fourth-order valence-corrected chi connectivity index (χ4v) is 3.76. The van der Waals surface area contributed by atoms with Gasteiger partial charge in [-0.25, -0.2) is 0 Å². The van der Waals surface area contributed by atoms with Crippen molar-refractivity contribution < 1.29 is 4.74 Å². The van der Waals surface area contributed by atoms with Crippen molar-refractivity contribution in [3.8, 4) is 5.75 Å². The van der Waals surface area contributed by atoms with Crippen LogP contribution in [-0.2, 0) is 26.2 Å². The van der Waals surface area contributed by atoms with Gasteiger partial charge in [-0.2, -0.15) is 0 Å². The number of hydrogen-bond donors (Lipinski definition) is 0. The highest BCUT2D eigenvalue weighted by Gasteiger charge is 2.16. The molecule has 0 N–H and O–H groups in total. The number of hydrogen-bond acceptors (Lipinski definition) is 5. The monoisotopic (exact) mass is 356 g/mol. The molecule has 0 saturated heterocycles. The summed E-state index contributed by atoms with van der Waals surface area (Å²) < 4.78 is 7.69. The molecule has 0 saturated carbocycles. The van der Waals surface area contributed by atoms with Gasteiger partial charge in [0.2, 0.25) is 0 Å². The van der Waals surface area contributed by atoms with Crippen LogP contribution in [0.3, 0.4) is 0 Å². The molecule has 25 heavy (non-hydrogen) atoms. The van der Waals surface area contributed by atoms with E-state index in [9.17, 15) is 0 Å². The SMILES string of the molecule is CCn1c(C)nnc1CN(Cc1cccs1)Cc1ccccc1OC. The molecule has 0 aliphatic rings. The zero-order chi connectivity index (χ0) is 17.6. The lowest BCUT2D eigenvalue weighted by molar-refractivity contribution is 0.236. The molecule has 0 unspecified atom stereocenters. The predicted octanol–water partition coefficient (Wildman–Crippen LogP) is 3.88. The molecule has 0 spiro atoms. The van der Waals surface area contributed by atoms with Gasteiger partial charge in [-0.1, -0.05) is 24.3 Å². The number of methoxy groups -OCH3 is 1. The third-order valence-corrected chi connectivity index (χ3v) is 5.10. The molecule has 2 heterocycles. The average molecular weight is 356 g/mol. The highest BCUT2D eigenvalue weighted by molar-refractivity contribution is 7.09. The Labute approximate surface area is 152 Å². The van der Waals surface area contributed by atoms with Crippen LogP contribution in [0.5, 0.6) is 5.75 Å². The molecule has 0 aliphatic carbocycles. The van der Waals surface area contributed by atoms with Crippen LogP contribution in [0.2, 0.25) is 0 Å². The minimum Gasteiger partial charge on any atom is -0.496 e. The molecular weight excluding hydrogens is 332 g/mol. The summed E-state index contributed by atoms with van der Waals surface area (Å²) in [5.74, 6) is 2.89. The first-order valence-corrected chi connectivity index (χ1v) is 9.34. The Bertz CT molecular complexity index is 798. The summed E-state index contributed by atoms with van der Waals surface area (Å²) in [7, 11) is 1.72. The Morgan fingerprint density at radius 1 is 1.08 bits per heavy atom. The van der Waals surface area contributed by atoms with E-state index in [2.05, 4.69) is 56.2 Å². The fraction of sp³-hybridized carbons (Fsp3) is 0.368. The molecule has 2 aromatic heterocycles. The largest absolute Gasteiger partial charge is 0.496 e. The van der Waals surface area contributed by atoms with E-state index in [0.717, 1.165) is 43.6 Å². The van der Waals surface area contributed by atoms with E-state index in [1.807, 2.05) is 19.1 Å². The Morgan fingerprint density at radius 3 is 2.64 bits per heavy atom. The second kappa shape index (κ2) is 8.27. The van der Waals surface area contributed by atoms with Gasteiger partial charge in [0.15, 0.2) is 0 Å². The Balaban J connectivity index is 1.84. The lowest BCUT2D eigenvalue weighted by Crippen LogP contribution is -2.24. The van der Waals surface area contributed by atoms with Crippen LogP contribution >= 0.6 is 11.3 Å². The van der Waals surface area contributed by atoms with Crippen LogP contribution < -0.4 is 4.74 Å². The quantitative estimate of drug-likeness (QED) is 0.614. The molecule has 3 rings (SSSR count). The Hall–Kier alpha value is -2.18. The summed E-state index contributed by atoms with van der Waals surface area (Å²) in [5, 5.41) is 10.7. The summed E-state index contributed by atoms with van der Waals surface area (Å²) in [6.07, 6.45) is 0. The molecule has 5 nitrogen and oxygen atoms in total. The fourth-order valence-electron chi connectivity index (χ4n) is 3.02. The van der Waals surface area contributed by atoms with Crippen molar-refractivity contribution in [1.29, 1.82) is 0 Å². The minimum atomic E-state index is 0.755. The van der Waals surface area contributed by atoms with Crippen molar-refractivity contribution in [3.05, 3.63) is 63.9 Å². The van der Waals surface area contributed by atoms with Gasteiger partial charge >= 0.3 is 0 Å². The van der Waals surface area contributed by atoms with Crippen LogP contribution in [0.4, 0.5) is 0 Å². The van der Waals surface area contributed by atoms with Crippen LogP contribution in [0.15, 0.2) is 41.8 Å². The Morgan fingerprint density at radius 2 is 1.92 bits per heavy atom. The lowest BCUT2D eigenvalue weighted by Gasteiger charge is -2.22. The highest BCUT2D eigenvalue weighted by Crippen LogP contribution is 2.22. The molecule has 0 bridgehead atoms. The van der Waals surface area contributed by atoms with Crippen LogP contribution in [0, 0.1) is 6.92 Å². The van der Waals surface area contributed by atoms with Gasteiger partial charge in [-0.05, 0) is 31.4 Å². The van der Waals surface area contributed by atoms with Crippen molar-refractivity contribution in [1.82, 2.24) is 19.7 Å². The maximum Gasteiger partial charge on any atom is 0.147 e. The first kappa shape index (κ1) is 17.6. The second-order valence-corrected chi connectivity index (χ2v) is 6.98. The standard InChI is InChI=1S/C19H24N4OS/c1-4-23-15(2)20-21-19(23)14-22(13-17-9-7-11-25-17)12-16-8-5-6-10-18(16)24-3/h5-11H,4,12-14H2,1-3H3. The lowest BCUT2D eigenvalue weighted by atomic mass is 10.2. The van der Waals surface area contributed by atoms with E-state index < -0.39 is 0 Å². The predicted molar refractivity (Wildman–Crippen MR) is 101 cm³/mol. The van der Waals surface area contributed by atoms with Crippen molar-refractivity contribution in [2.24, 2.45) is 0 Å². The normalized spacial score (nSPS) is 11.2. The van der Waals surface area contributed by atoms with E-state index in [0.29, 0.717) is 0 Å². The molecular formula is C19H24N4OS. The van der Waals surface area contributed by atoms with E-state index in [1.54, 1.807) is 18.4 Å². The second-order valence-electron chi connectivity index (χ2n) is 5.94. The summed E-state index contributed by atoms with van der Waals surface area (Å²) in [5.41, 5.74) is 1.18. The molecule has 0 aliphatic heterocycles. The van der Waals surface area contributed by atoms with Crippen molar-refractivity contribution >= 4 is 11.3 Å². The van der Waals surface area contributed by atoms with E-state index in [4.69, 9.17) is 4.74 Å². The first-order chi connectivity index (χ1) is 12.2. The summed E-state index contributed by atoms with van der Waals surface area (Å²) in [4.78, 5) is 3.73. The average Bonchev–Trinajstić information content (AvgIpc) is 3.25. The third kappa shape index (κ3) is 4.27. The highest BCUT2D eigenvalue weighted by atomic mass is 32.1. The topological polar surface area (TPSA) is 43.2 Å². The van der Waals surface area contributed by atoms with Gasteiger partial charge < -0.3 is 9.30 Å². The maximum absolute atomic E-state index is 5.52. The minimum absolute atomic E-state index is 0.755. The molecule has 1 aromatic carbocycles. The number of nitrogens with zero attached hydrogens (tertiary/aromatic N) is 4. The van der Waals surface area contributed by atoms with E-state index in [-0.39, 0.29) is 0 Å². The molecule has 0 amide bonds. The van der Waals surface area contributed by atoms with Crippen LogP contribution in [0.25, 0.3) is 0 Å². The summed E-state index contributed by atoms with van der Waals surface area (Å²) in [6.45, 7) is 7.46. The van der Waals surface area contributed by atoms with Gasteiger partial charge in [-0.3, -0.25) is 4.90 Å². The molecule has 132 valence electrons. The van der Waals surface area contributed by atoms with Crippen molar-refractivity contribution in [3.63, 3.8) is 0 Å². The molecule has 0 radical (unpaired) electrons. The smallest absolute Gasteiger partial charge is 0.147 e. The van der Waals surface area contributed by atoms with Gasteiger partial charge in [0.05, 0.1) is 13.7 Å². The molecule has 6 heteroatoms. The van der Waals surface area contributed by atoms with E-state index in [1.165, 1.54) is 10.4 Å². The van der Waals surface area contributed by atoms with E-state index >= 15 is 0 Å². The number of ether oxygens (including phenoxy) is 1. The van der Waals surface area contributed by atoms with Crippen LogP contribution in [0.1, 0.15) is 29.0 Å². The molecule has 3 aromatic rings. The number of aryl methyl sites for hydroxylation is 1. The Kier molecular flexibility index (Phi) is 5.83. The summed E-state index contributed by atoms with van der Waals surface area (Å²) in [6, 6.07) is 12.5. The number of para-hydroxylation sites is 1. The van der Waals surface area contributed by atoms with Gasteiger partial charge in [0.25, 0.3) is 0 Å². The van der Waals surface area contributed by atoms with Crippen molar-refractivity contribution in [2.45, 2.75) is 40.0 Å². The number of rotatable bonds is 8.